The summed E-state index contributed by atoms with van der Waals surface area (Å²) in [6.07, 6.45) is 7.26. The van der Waals surface area contributed by atoms with Crippen LogP contribution in [0.3, 0.4) is 0 Å². The topological polar surface area (TPSA) is 14.1 Å². The van der Waals surface area contributed by atoms with Gasteiger partial charge in [-0.05, 0) is 5.57 Å². The largest absolute Gasteiger partial charge is 1.00 e. The molecule has 49 valence electrons. The fourth-order valence-electron chi connectivity index (χ4n) is 0.472. The molecule has 0 atom stereocenters. The summed E-state index contributed by atoms with van der Waals surface area (Å²) in [4.78, 5) is 3.83. The maximum absolute atomic E-state index is 5.50. The second-order valence-corrected chi connectivity index (χ2v) is 1.76. The number of hydrogen-bond acceptors (Lipinski definition) is 1. The van der Waals surface area contributed by atoms with Gasteiger partial charge in [0.05, 0.1) is 4.99 Å². The maximum atomic E-state index is 5.50. The van der Waals surface area contributed by atoms with E-state index in [4.69, 9.17) is 11.6 Å². The molecule has 1 aliphatic heterocycles. The zero-order valence-electron chi connectivity index (χ0n) is 4.72. The van der Waals surface area contributed by atoms with Crippen molar-refractivity contribution in [3.63, 3.8) is 0 Å². The van der Waals surface area contributed by atoms with Gasteiger partial charge in [-0.1, -0.05) is 0 Å². The van der Waals surface area contributed by atoms with Crippen LogP contribution in [0.15, 0.2) is 23.9 Å². The summed E-state index contributed by atoms with van der Waals surface area (Å²) < 4.78 is 0. The van der Waals surface area contributed by atoms with Crippen molar-refractivity contribution in [2.45, 2.75) is 0 Å². The lowest BCUT2D eigenvalue weighted by atomic mass is 10.2. The first-order chi connectivity index (χ1) is 3.93. The molecule has 0 spiro atoms. The summed E-state index contributed by atoms with van der Waals surface area (Å²) >= 11 is 5.50. The first-order valence-corrected chi connectivity index (χ1v) is 2.92. The van der Waals surface area contributed by atoms with Crippen molar-refractivity contribution < 1.29 is 12.4 Å². The second-order valence-electron chi connectivity index (χ2n) is 1.49. The normalized spacial score (nSPS) is 14.6. The highest BCUT2D eigenvalue weighted by Gasteiger charge is 1.95. The van der Waals surface area contributed by atoms with E-state index in [9.17, 15) is 0 Å². The third-order valence-electron chi connectivity index (χ3n) is 0.904. The monoisotopic (exact) mass is 162 g/mol. The van der Waals surface area contributed by atoms with Gasteiger partial charge < -0.3 is 12.4 Å². The Labute approximate surface area is 65.5 Å². The SMILES string of the molecule is ClCC1=CC=[N+]C=C1.[Cl-]. The molecule has 1 nitrogen and oxygen atoms in total. The fraction of sp³-hybridized carbons (Fsp3) is 0.167. The molecule has 0 aliphatic carbocycles. The number of halogens is 2. The van der Waals surface area contributed by atoms with Gasteiger partial charge in [-0.25, -0.2) is 0 Å². The number of allylic oxidation sites excluding steroid dienone is 3. The van der Waals surface area contributed by atoms with Gasteiger partial charge in [0.2, 0.25) is 12.4 Å². The number of aliphatic imine (C=N–C) groups is 1. The van der Waals surface area contributed by atoms with E-state index in [2.05, 4.69) is 4.99 Å². The highest BCUT2D eigenvalue weighted by molar-refractivity contribution is 6.19. The molecule has 9 heavy (non-hydrogen) atoms. The van der Waals surface area contributed by atoms with Gasteiger partial charge in [-0.3, -0.25) is 0 Å². The number of rotatable bonds is 1. The van der Waals surface area contributed by atoms with Gasteiger partial charge in [-0.15, -0.1) is 11.6 Å². The van der Waals surface area contributed by atoms with E-state index in [1.165, 1.54) is 0 Å². The van der Waals surface area contributed by atoms with Crippen molar-refractivity contribution in [2.24, 2.45) is 0 Å². The van der Waals surface area contributed by atoms with E-state index < -0.39 is 0 Å². The highest BCUT2D eigenvalue weighted by atomic mass is 35.5. The van der Waals surface area contributed by atoms with Crippen LogP contribution in [-0.4, -0.2) is 12.1 Å². The van der Waals surface area contributed by atoms with Crippen molar-refractivity contribution in [1.29, 1.82) is 0 Å². The lowest BCUT2D eigenvalue weighted by molar-refractivity contribution is -0.00000157. The van der Waals surface area contributed by atoms with Crippen LogP contribution >= 0.6 is 11.6 Å². The minimum Gasteiger partial charge on any atom is -1.00 e. The van der Waals surface area contributed by atoms with E-state index >= 15 is 0 Å². The molecule has 1 heterocycles. The van der Waals surface area contributed by atoms with E-state index in [0.717, 1.165) is 5.57 Å². The van der Waals surface area contributed by atoms with E-state index in [1.54, 1.807) is 12.4 Å². The van der Waals surface area contributed by atoms with Crippen LogP contribution in [0.5, 0.6) is 0 Å². The number of alkyl halides is 1. The van der Waals surface area contributed by atoms with E-state index in [0.29, 0.717) is 5.88 Å². The number of hydrogen-bond donors (Lipinski definition) is 0. The van der Waals surface area contributed by atoms with Gasteiger partial charge in [0.1, 0.15) is 0 Å². The number of nitrogens with zero attached hydrogens (tertiary/aromatic N) is 1. The molecule has 0 aromatic heterocycles. The molecule has 0 unspecified atom stereocenters. The van der Waals surface area contributed by atoms with Gasteiger partial charge in [0, 0.05) is 18.0 Å². The highest BCUT2D eigenvalue weighted by Crippen LogP contribution is 1.98. The summed E-state index contributed by atoms with van der Waals surface area (Å²) in [6, 6.07) is 0. The van der Waals surface area contributed by atoms with Gasteiger partial charge in [-0.2, -0.15) is 0 Å². The van der Waals surface area contributed by atoms with Crippen molar-refractivity contribution in [3.8, 4) is 0 Å². The van der Waals surface area contributed by atoms with Crippen molar-refractivity contribution >= 4 is 17.8 Å². The Balaban J connectivity index is 0.000000640. The van der Waals surface area contributed by atoms with Crippen LogP contribution in [0.1, 0.15) is 0 Å². The Morgan fingerprint density at radius 3 is 2.67 bits per heavy atom. The maximum Gasteiger partial charge on any atom is 0.242 e. The van der Waals surface area contributed by atoms with E-state index in [1.807, 2.05) is 12.2 Å². The van der Waals surface area contributed by atoms with Crippen LogP contribution < -0.4 is 17.4 Å². The quantitative estimate of drug-likeness (QED) is 0.400. The Hall–Kier alpha value is -0.270. The van der Waals surface area contributed by atoms with E-state index in [-0.39, 0.29) is 12.4 Å². The molecule has 3 heteroatoms. The average Bonchev–Trinajstić information content (AvgIpc) is 1.90. The molecule has 0 aromatic rings. The second kappa shape index (κ2) is 4.59. The Morgan fingerprint density at radius 2 is 2.33 bits per heavy atom. The fourth-order valence-corrected chi connectivity index (χ4v) is 0.650. The smallest absolute Gasteiger partial charge is 0.242 e. The zero-order valence-corrected chi connectivity index (χ0v) is 6.23. The Kier molecular flexibility index (Phi) is 4.46. The Morgan fingerprint density at radius 1 is 1.56 bits per heavy atom. The molecule has 0 aromatic carbocycles. The third-order valence-corrected chi connectivity index (χ3v) is 1.21. The molecule has 1 rings (SSSR count). The predicted octanol–water partition coefficient (Wildman–Crippen LogP) is -1.91. The van der Waals surface area contributed by atoms with Crippen molar-refractivity contribution in [1.82, 2.24) is 4.99 Å². The molecule has 0 fully saturated rings. The molecular formula is C6H6Cl2N. The van der Waals surface area contributed by atoms with Gasteiger partial charge in [0.15, 0.2) is 0 Å². The first-order valence-electron chi connectivity index (χ1n) is 2.38. The lowest BCUT2D eigenvalue weighted by Gasteiger charge is -1.86. The standard InChI is InChI=1S/C6H6ClN.ClH/c7-5-6-1-3-8-4-2-6;/h1-4H,5H2;1H/q+1;/p-1. The molecule has 0 saturated carbocycles. The molecule has 1 radical (unpaired) electrons. The summed E-state index contributed by atoms with van der Waals surface area (Å²) in [5.74, 6) is 0.572. The third kappa shape index (κ3) is 2.68. The average molecular weight is 163 g/mol. The molecule has 0 saturated heterocycles. The lowest BCUT2D eigenvalue weighted by Crippen LogP contribution is -3.00. The molecular weight excluding hydrogens is 157 g/mol. The first kappa shape index (κ1) is 8.73. The summed E-state index contributed by atoms with van der Waals surface area (Å²) in [6.45, 7) is 0. The minimum atomic E-state index is 0. The van der Waals surface area contributed by atoms with Gasteiger partial charge >= 0.3 is 0 Å². The Bertz CT molecular complexity index is 158. The minimum absolute atomic E-state index is 0. The summed E-state index contributed by atoms with van der Waals surface area (Å²) in [7, 11) is 0. The van der Waals surface area contributed by atoms with Crippen LogP contribution in [0, 0.1) is 0 Å². The van der Waals surface area contributed by atoms with Gasteiger partial charge in [0.25, 0.3) is 0 Å². The summed E-state index contributed by atoms with van der Waals surface area (Å²) in [5.41, 5.74) is 1.11. The summed E-state index contributed by atoms with van der Waals surface area (Å²) in [5, 5.41) is 0. The molecule has 0 bridgehead atoms. The molecule has 1 aliphatic rings. The van der Waals surface area contributed by atoms with Crippen LogP contribution in [0.25, 0.3) is 0 Å². The zero-order chi connectivity index (χ0) is 5.82. The van der Waals surface area contributed by atoms with Crippen LogP contribution in [0.2, 0.25) is 0 Å². The van der Waals surface area contributed by atoms with Crippen molar-refractivity contribution in [2.75, 3.05) is 5.88 Å². The molecule has 0 amide bonds. The molecule has 0 N–H and O–H groups in total. The van der Waals surface area contributed by atoms with Crippen LogP contribution in [-0.2, 0) is 0 Å². The predicted molar refractivity (Wildman–Crippen MR) is 36.1 cm³/mol. The van der Waals surface area contributed by atoms with Crippen LogP contribution in [0.4, 0.5) is 0 Å². The van der Waals surface area contributed by atoms with Crippen molar-refractivity contribution in [3.05, 3.63) is 23.9 Å².